The minimum absolute atomic E-state index is 0.0291. The van der Waals surface area contributed by atoms with Gasteiger partial charge in [0.25, 0.3) is 0 Å². The highest BCUT2D eigenvalue weighted by Gasteiger charge is 2.25. The molecule has 1 aromatic carbocycles. The molecule has 1 aromatic heterocycles. The van der Waals surface area contributed by atoms with Crippen molar-refractivity contribution < 1.29 is 32.2 Å². The first-order valence-electron chi connectivity index (χ1n) is 7.18. The molecule has 0 atom stereocenters. The maximum atomic E-state index is 12.4. The number of carbonyl (C=O) groups excluding carboxylic acids is 1. The lowest BCUT2D eigenvalue weighted by atomic mass is 10.2. The number of rotatable bonds is 5. The van der Waals surface area contributed by atoms with Gasteiger partial charge in [-0.25, -0.2) is 9.79 Å². The van der Waals surface area contributed by atoms with E-state index >= 15 is 0 Å². The molecular formula is C17H13F2NO5. The monoisotopic (exact) mass is 349 g/mol. The van der Waals surface area contributed by atoms with E-state index in [0.29, 0.717) is 17.1 Å². The number of esters is 1. The van der Waals surface area contributed by atoms with E-state index in [4.69, 9.17) is 13.9 Å². The van der Waals surface area contributed by atoms with Gasteiger partial charge in [0.15, 0.2) is 17.2 Å². The molecule has 1 aliphatic rings. The Balaban J connectivity index is 1.90. The maximum Gasteiger partial charge on any atom is 0.387 e. The molecule has 3 rings (SSSR count). The van der Waals surface area contributed by atoms with Gasteiger partial charge in [0.05, 0.1) is 7.11 Å². The Hall–Kier alpha value is -3.16. The first-order chi connectivity index (χ1) is 12.0. The van der Waals surface area contributed by atoms with Crippen LogP contribution in [0.4, 0.5) is 8.78 Å². The normalized spacial score (nSPS) is 15.5. The number of carbonyl (C=O) groups is 1. The first kappa shape index (κ1) is 16.7. The summed E-state index contributed by atoms with van der Waals surface area (Å²) in [6.45, 7) is -1.20. The molecule has 0 bridgehead atoms. The van der Waals surface area contributed by atoms with Crippen molar-refractivity contribution in [2.75, 3.05) is 7.11 Å². The lowest BCUT2D eigenvalue weighted by Crippen LogP contribution is -2.07. The average molecular weight is 349 g/mol. The van der Waals surface area contributed by atoms with Crippen LogP contribution in [0.3, 0.4) is 0 Å². The molecule has 8 heteroatoms. The molecule has 0 aliphatic carbocycles. The molecule has 1 aliphatic heterocycles. The number of aryl methyl sites for hydroxylation is 1. The summed E-state index contributed by atoms with van der Waals surface area (Å²) in [6.07, 6.45) is 1.45. The number of cyclic esters (lactones) is 1. The highest BCUT2D eigenvalue weighted by Crippen LogP contribution is 2.31. The van der Waals surface area contributed by atoms with E-state index in [0.717, 1.165) is 0 Å². The van der Waals surface area contributed by atoms with Crippen LogP contribution < -0.4 is 9.47 Å². The Morgan fingerprint density at radius 3 is 2.64 bits per heavy atom. The zero-order valence-electron chi connectivity index (χ0n) is 13.3. The topological polar surface area (TPSA) is 70.3 Å². The summed E-state index contributed by atoms with van der Waals surface area (Å²) in [7, 11) is 1.31. The Morgan fingerprint density at radius 2 is 2.00 bits per heavy atom. The second-order valence-corrected chi connectivity index (χ2v) is 5.03. The van der Waals surface area contributed by atoms with E-state index in [1.54, 1.807) is 19.1 Å². The Kier molecular flexibility index (Phi) is 4.51. The summed E-state index contributed by atoms with van der Waals surface area (Å²) in [5.41, 5.74) is 0.446. The van der Waals surface area contributed by atoms with Crippen LogP contribution in [-0.2, 0) is 9.53 Å². The third-order valence-electron chi connectivity index (χ3n) is 3.29. The highest BCUT2D eigenvalue weighted by atomic mass is 19.3. The summed E-state index contributed by atoms with van der Waals surface area (Å²) < 4.78 is 44.6. The second-order valence-electron chi connectivity index (χ2n) is 5.03. The smallest absolute Gasteiger partial charge is 0.387 e. The number of nitrogens with zero attached hydrogens (tertiary/aromatic N) is 1. The molecular weight excluding hydrogens is 336 g/mol. The van der Waals surface area contributed by atoms with Gasteiger partial charge in [-0.2, -0.15) is 8.78 Å². The fourth-order valence-corrected chi connectivity index (χ4v) is 2.19. The second kappa shape index (κ2) is 6.76. The number of aliphatic imine (C=N–C) groups is 1. The molecule has 0 saturated heterocycles. The SMILES string of the molecule is COc1cc(C2=N/C(=C/c3ccc(C)o3)C(=O)O2)ccc1OC(F)F. The minimum atomic E-state index is -2.98. The maximum absolute atomic E-state index is 12.4. The quantitative estimate of drug-likeness (QED) is 0.610. The number of halogens is 2. The van der Waals surface area contributed by atoms with Crippen LogP contribution in [-0.4, -0.2) is 25.6 Å². The molecule has 0 N–H and O–H groups in total. The Labute approximate surface area is 141 Å². The van der Waals surface area contributed by atoms with Gasteiger partial charge in [0.1, 0.15) is 11.5 Å². The number of methoxy groups -OCH3 is 1. The molecule has 2 heterocycles. The van der Waals surface area contributed by atoms with Gasteiger partial charge in [-0.1, -0.05) is 0 Å². The van der Waals surface area contributed by atoms with Crippen molar-refractivity contribution in [2.24, 2.45) is 4.99 Å². The summed E-state index contributed by atoms with van der Waals surface area (Å²) in [6, 6.07) is 7.57. The first-order valence-corrected chi connectivity index (χ1v) is 7.18. The number of furan rings is 1. The lowest BCUT2D eigenvalue weighted by molar-refractivity contribution is -0.129. The average Bonchev–Trinajstić information content (AvgIpc) is 3.14. The number of alkyl halides is 2. The molecule has 2 aromatic rings. The zero-order chi connectivity index (χ0) is 18.0. The molecule has 6 nitrogen and oxygen atoms in total. The van der Waals surface area contributed by atoms with E-state index in [9.17, 15) is 13.6 Å². The van der Waals surface area contributed by atoms with Gasteiger partial charge in [-0.3, -0.25) is 0 Å². The number of benzene rings is 1. The van der Waals surface area contributed by atoms with Crippen LogP contribution in [0.25, 0.3) is 6.08 Å². The molecule has 25 heavy (non-hydrogen) atoms. The van der Waals surface area contributed by atoms with Crippen LogP contribution in [0.1, 0.15) is 17.1 Å². The molecule has 0 amide bonds. The number of hydrogen-bond acceptors (Lipinski definition) is 6. The van der Waals surface area contributed by atoms with Crippen molar-refractivity contribution in [3.8, 4) is 11.5 Å². The summed E-state index contributed by atoms with van der Waals surface area (Å²) in [5.74, 6) is 0.482. The Bertz CT molecular complexity index is 870. The van der Waals surface area contributed by atoms with Gasteiger partial charge in [-0.15, -0.1) is 0 Å². The van der Waals surface area contributed by atoms with Gasteiger partial charge in [0, 0.05) is 11.6 Å². The van der Waals surface area contributed by atoms with E-state index < -0.39 is 12.6 Å². The highest BCUT2D eigenvalue weighted by molar-refractivity contribution is 6.12. The fraction of sp³-hybridized carbons (Fsp3) is 0.176. The van der Waals surface area contributed by atoms with Crippen molar-refractivity contribution in [3.63, 3.8) is 0 Å². The van der Waals surface area contributed by atoms with Crippen molar-refractivity contribution >= 4 is 17.9 Å². The van der Waals surface area contributed by atoms with Crippen molar-refractivity contribution in [1.29, 1.82) is 0 Å². The van der Waals surface area contributed by atoms with E-state index in [2.05, 4.69) is 9.73 Å². The van der Waals surface area contributed by atoms with E-state index in [1.165, 1.54) is 31.4 Å². The summed E-state index contributed by atoms with van der Waals surface area (Å²) in [5, 5.41) is 0. The van der Waals surface area contributed by atoms with Gasteiger partial charge >= 0.3 is 12.6 Å². The van der Waals surface area contributed by atoms with Crippen molar-refractivity contribution in [3.05, 3.63) is 53.1 Å². The third-order valence-corrected chi connectivity index (χ3v) is 3.29. The zero-order valence-corrected chi connectivity index (χ0v) is 13.3. The molecule has 130 valence electrons. The Morgan fingerprint density at radius 1 is 1.20 bits per heavy atom. The molecule has 0 radical (unpaired) electrons. The van der Waals surface area contributed by atoms with Gasteiger partial charge < -0.3 is 18.6 Å². The molecule has 0 unspecified atom stereocenters. The molecule has 0 saturated carbocycles. The lowest BCUT2D eigenvalue weighted by Gasteiger charge is -2.10. The van der Waals surface area contributed by atoms with E-state index in [1.807, 2.05) is 0 Å². The van der Waals surface area contributed by atoms with Crippen LogP contribution in [0.15, 0.2) is 45.4 Å². The third kappa shape index (κ3) is 3.68. The van der Waals surface area contributed by atoms with Gasteiger partial charge in [0.2, 0.25) is 5.90 Å². The minimum Gasteiger partial charge on any atom is -0.493 e. The molecule has 0 spiro atoms. The number of ether oxygens (including phenoxy) is 3. The van der Waals surface area contributed by atoms with Crippen LogP contribution >= 0.6 is 0 Å². The number of hydrogen-bond donors (Lipinski definition) is 0. The molecule has 0 fully saturated rings. The predicted molar refractivity (Wildman–Crippen MR) is 83.7 cm³/mol. The van der Waals surface area contributed by atoms with E-state index in [-0.39, 0.29) is 23.1 Å². The van der Waals surface area contributed by atoms with Crippen molar-refractivity contribution in [1.82, 2.24) is 0 Å². The summed E-state index contributed by atoms with van der Waals surface area (Å²) in [4.78, 5) is 16.0. The summed E-state index contributed by atoms with van der Waals surface area (Å²) >= 11 is 0. The van der Waals surface area contributed by atoms with Crippen LogP contribution in [0, 0.1) is 6.92 Å². The van der Waals surface area contributed by atoms with Crippen LogP contribution in [0.2, 0.25) is 0 Å². The van der Waals surface area contributed by atoms with Crippen LogP contribution in [0.5, 0.6) is 11.5 Å². The van der Waals surface area contributed by atoms with Gasteiger partial charge in [-0.05, 0) is 37.3 Å². The van der Waals surface area contributed by atoms with Crippen molar-refractivity contribution in [2.45, 2.75) is 13.5 Å². The predicted octanol–water partition coefficient (Wildman–Crippen LogP) is 3.54. The standard InChI is InChI=1S/C17H13F2NO5/c1-9-3-5-11(23-9)8-12-16(21)25-15(20-12)10-4-6-13(24-17(18)19)14(7-10)22-2/h3-8,17H,1-2H3/b12-8+. The fourth-order valence-electron chi connectivity index (χ4n) is 2.19. The largest absolute Gasteiger partial charge is 0.493 e.